The minimum atomic E-state index is -0.0904. The van der Waals surface area contributed by atoms with Crippen molar-refractivity contribution in [2.45, 2.75) is 56.7 Å². The Morgan fingerprint density at radius 2 is 2.29 bits per heavy atom. The Morgan fingerprint density at radius 3 is 3.00 bits per heavy atom. The molecule has 5 heteroatoms. The van der Waals surface area contributed by atoms with E-state index < -0.39 is 0 Å². The molecule has 3 unspecified atom stereocenters. The SMILES string of the molecule is CCSC1CCCC1n1c(C(C)Cl)nc2cc(C)cnc21. The molecule has 0 N–H and O–H groups in total. The van der Waals surface area contributed by atoms with E-state index in [1.807, 2.05) is 13.1 Å². The molecule has 0 aliphatic heterocycles. The summed E-state index contributed by atoms with van der Waals surface area (Å²) in [7, 11) is 0. The highest BCUT2D eigenvalue weighted by atomic mass is 35.5. The molecule has 2 heterocycles. The molecule has 0 amide bonds. The van der Waals surface area contributed by atoms with E-state index in [2.05, 4.69) is 41.2 Å². The monoisotopic (exact) mass is 323 g/mol. The van der Waals surface area contributed by atoms with Crippen LogP contribution in [-0.2, 0) is 0 Å². The topological polar surface area (TPSA) is 30.7 Å². The Kier molecular flexibility index (Phi) is 4.46. The number of imidazole rings is 1. The largest absolute Gasteiger partial charge is 0.307 e. The van der Waals surface area contributed by atoms with Crippen molar-refractivity contribution in [3.63, 3.8) is 0 Å². The van der Waals surface area contributed by atoms with E-state index in [0.29, 0.717) is 11.3 Å². The Hall–Kier alpha value is -0.740. The zero-order valence-electron chi connectivity index (χ0n) is 12.8. The van der Waals surface area contributed by atoms with Crippen LogP contribution in [0.25, 0.3) is 11.2 Å². The molecule has 1 aliphatic carbocycles. The second-order valence-electron chi connectivity index (χ2n) is 5.80. The van der Waals surface area contributed by atoms with Crippen molar-refractivity contribution in [2.24, 2.45) is 0 Å². The smallest absolute Gasteiger partial charge is 0.160 e. The van der Waals surface area contributed by atoms with Gasteiger partial charge in [0.15, 0.2) is 5.65 Å². The molecule has 1 saturated carbocycles. The molecule has 0 spiro atoms. The van der Waals surface area contributed by atoms with E-state index in [0.717, 1.165) is 28.3 Å². The Labute approximate surface area is 135 Å². The number of pyridine rings is 1. The van der Waals surface area contributed by atoms with Gasteiger partial charge in [0, 0.05) is 17.5 Å². The standard InChI is InChI=1S/C16H22ClN3S/c1-4-21-14-7-5-6-13(14)20-15(11(3)17)19-12-8-10(2)9-18-16(12)20/h8-9,11,13-14H,4-7H2,1-3H3. The first kappa shape index (κ1) is 15.2. The van der Waals surface area contributed by atoms with Gasteiger partial charge in [-0.15, -0.1) is 11.6 Å². The molecule has 0 bridgehead atoms. The predicted molar refractivity (Wildman–Crippen MR) is 91.3 cm³/mol. The van der Waals surface area contributed by atoms with Crippen LogP contribution in [0.5, 0.6) is 0 Å². The van der Waals surface area contributed by atoms with Crippen molar-refractivity contribution in [1.82, 2.24) is 14.5 Å². The molecule has 0 saturated heterocycles. The van der Waals surface area contributed by atoms with E-state index in [1.165, 1.54) is 19.3 Å². The number of aryl methyl sites for hydroxylation is 1. The Bertz CT molecular complexity index is 638. The average Bonchev–Trinajstić information content (AvgIpc) is 3.02. The molecule has 0 radical (unpaired) electrons. The molecule has 3 atom stereocenters. The number of rotatable bonds is 4. The lowest BCUT2D eigenvalue weighted by Gasteiger charge is -2.23. The average molecular weight is 324 g/mol. The van der Waals surface area contributed by atoms with Crippen molar-refractivity contribution >= 4 is 34.5 Å². The molecule has 1 aliphatic rings. The molecule has 2 aromatic rings. The Morgan fingerprint density at radius 1 is 1.48 bits per heavy atom. The summed E-state index contributed by atoms with van der Waals surface area (Å²) in [5, 5.41) is 0.567. The van der Waals surface area contributed by atoms with Gasteiger partial charge in [0.05, 0.1) is 5.38 Å². The van der Waals surface area contributed by atoms with Gasteiger partial charge in [-0.1, -0.05) is 13.3 Å². The second-order valence-corrected chi connectivity index (χ2v) is 7.97. The van der Waals surface area contributed by atoms with Gasteiger partial charge in [-0.3, -0.25) is 0 Å². The molecular formula is C16H22ClN3S. The predicted octanol–water partition coefficient (Wildman–Crippen LogP) is 4.89. The zero-order valence-corrected chi connectivity index (χ0v) is 14.4. The normalized spacial score (nSPS) is 23.8. The summed E-state index contributed by atoms with van der Waals surface area (Å²) < 4.78 is 2.33. The van der Waals surface area contributed by atoms with Crippen molar-refractivity contribution in [2.75, 3.05) is 5.75 Å². The Balaban J connectivity index is 2.13. The fraction of sp³-hybridized carbons (Fsp3) is 0.625. The number of hydrogen-bond donors (Lipinski definition) is 0. The van der Waals surface area contributed by atoms with Gasteiger partial charge < -0.3 is 4.57 Å². The minimum Gasteiger partial charge on any atom is -0.307 e. The summed E-state index contributed by atoms with van der Waals surface area (Å²) in [6.45, 7) is 6.29. The third-order valence-electron chi connectivity index (χ3n) is 4.18. The first-order valence-corrected chi connectivity index (χ1v) is 9.20. The number of hydrogen-bond acceptors (Lipinski definition) is 3. The maximum Gasteiger partial charge on any atom is 0.160 e. The zero-order chi connectivity index (χ0) is 15.0. The molecule has 3 nitrogen and oxygen atoms in total. The summed E-state index contributed by atoms with van der Waals surface area (Å²) in [5.41, 5.74) is 3.12. The minimum absolute atomic E-state index is 0.0904. The van der Waals surface area contributed by atoms with E-state index >= 15 is 0 Å². The van der Waals surface area contributed by atoms with Gasteiger partial charge in [-0.2, -0.15) is 11.8 Å². The molecule has 2 aromatic heterocycles. The number of aromatic nitrogens is 3. The lowest BCUT2D eigenvalue weighted by molar-refractivity contribution is 0.516. The van der Waals surface area contributed by atoms with Gasteiger partial charge in [0.2, 0.25) is 0 Å². The molecule has 21 heavy (non-hydrogen) atoms. The van der Waals surface area contributed by atoms with Crippen LogP contribution in [-0.4, -0.2) is 25.5 Å². The lowest BCUT2D eigenvalue weighted by Crippen LogP contribution is -2.19. The maximum atomic E-state index is 6.40. The van der Waals surface area contributed by atoms with Crippen LogP contribution < -0.4 is 0 Å². The molecule has 1 fully saturated rings. The van der Waals surface area contributed by atoms with Crippen LogP contribution in [0.3, 0.4) is 0 Å². The summed E-state index contributed by atoms with van der Waals surface area (Å²) in [4.78, 5) is 9.43. The fourth-order valence-electron chi connectivity index (χ4n) is 3.32. The number of nitrogens with zero attached hydrogens (tertiary/aromatic N) is 3. The quantitative estimate of drug-likeness (QED) is 0.751. The highest BCUT2D eigenvalue weighted by Crippen LogP contribution is 2.41. The highest BCUT2D eigenvalue weighted by molar-refractivity contribution is 7.99. The lowest BCUT2D eigenvalue weighted by atomic mass is 10.2. The van der Waals surface area contributed by atoms with E-state index in [1.54, 1.807) is 0 Å². The van der Waals surface area contributed by atoms with Gasteiger partial charge in [-0.25, -0.2) is 9.97 Å². The third-order valence-corrected chi connectivity index (χ3v) is 5.69. The van der Waals surface area contributed by atoms with Crippen LogP contribution in [0, 0.1) is 6.92 Å². The van der Waals surface area contributed by atoms with E-state index in [9.17, 15) is 0 Å². The van der Waals surface area contributed by atoms with Crippen LogP contribution in [0.2, 0.25) is 0 Å². The van der Waals surface area contributed by atoms with Crippen molar-refractivity contribution in [3.05, 3.63) is 23.7 Å². The van der Waals surface area contributed by atoms with Gasteiger partial charge >= 0.3 is 0 Å². The number of alkyl halides is 1. The second kappa shape index (κ2) is 6.17. The first-order chi connectivity index (χ1) is 10.1. The third kappa shape index (κ3) is 2.80. The fourth-order valence-corrected chi connectivity index (χ4v) is 4.71. The summed E-state index contributed by atoms with van der Waals surface area (Å²) in [5.74, 6) is 2.13. The van der Waals surface area contributed by atoms with Crippen LogP contribution in [0.4, 0.5) is 0 Å². The maximum absolute atomic E-state index is 6.40. The molecule has 114 valence electrons. The van der Waals surface area contributed by atoms with Gasteiger partial charge in [-0.05, 0) is 44.1 Å². The molecular weight excluding hydrogens is 302 g/mol. The molecule has 3 rings (SSSR count). The summed E-state index contributed by atoms with van der Waals surface area (Å²) in [6, 6.07) is 2.59. The van der Waals surface area contributed by atoms with E-state index in [-0.39, 0.29) is 5.38 Å². The first-order valence-electron chi connectivity index (χ1n) is 7.72. The highest BCUT2D eigenvalue weighted by Gasteiger charge is 2.32. The van der Waals surface area contributed by atoms with E-state index in [4.69, 9.17) is 16.6 Å². The van der Waals surface area contributed by atoms with Crippen molar-refractivity contribution < 1.29 is 0 Å². The van der Waals surface area contributed by atoms with Gasteiger partial charge in [0.25, 0.3) is 0 Å². The number of thioether (sulfide) groups is 1. The number of halogens is 1. The van der Waals surface area contributed by atoms with Gasteiger partial charge in [0.1, 0.15) is 11.3 Å². The van der Waals surface area contributed by atoms with Crippen LogP contribution >= 0.6 is 23.4 Å². The van der Waals surface area contributed by atoms with Crippen LogP contribution in [0.1, 0.15) is 55.9 Å². The number of fused-ring (bicyclic) bond motifs is 1. The van der Waals surface area contributed by atoms with Crippen molar-refractivity contribution in [3.8, 4) is 0 Å². The van der Waals surface area contributed by atoms with Crippen LogP contribution in [0.15, 0.2) is 12.3 Å². The van der Waals surface area contributed by atoms with Crippen molar-refractivity contribution in [1.29, 1.82) is 0 Å². The summed E-state index contributed by atoms with van der Waals surface area (Å²) >= 11 is 8.46. The summed E-state index contributed by atoms with van der Waals surface area (Å²) in [6.07, 6.45) is 5.70. The molecule has 0 aromatic carbocycles.